The van der Waals surface area contributed by atoms with Crippen molar-refractivity contribution in [1.29, 1.82) is 0 Å². The lowest BCUT2D eigenvalue weighted by atomic mass is 9.96. The Morgan fingerprint density at radius 3 is 2.26 bits per heavy atom. The van der Waals surface area contributed by atoms with Gasteiger partial charge in [-0.25, -0.2) is 4.90 Å². The summed E-state index contributed by atoms with van der Waals surface area (Å²) in [5.41, 5.74) is 6.28. The fraction of sp³-hybridized carbons (Fsp3) is 0.565. The number of fused-ring (bicyclic) bond motifs is 1. The first-order valence-electron chi connectivity index (χ1n) is 11.3. The Labute approximate surface area is 200 Å². The van der Waals surface area contributed by atoms with Crippen LogP contribution in [0.1, 0.15) is 61.3 Å². The van der Waals surface area contributed by atoms with Crippen LogP contribution in [0, 0.1) is 17.8 Å². The Morgan fingerprint density at radius 1 is 1.06 bits per heavy atom. The summed E-state index contributed by atoms with van der Waals surface area (Å²) in [7, 11) is -0.865. The summed E-state index contributed by atoms with van der Waals surface area (Å²) in [6.07, 6.45) is 0.792. The molecular weight excluding hydrogens is 459 g/mol. The fourth-order valence-electron chi connectivity index (χ4n) is 3.83. The van der Waals surface area contributed by atoms with Gasteiger partial charge < -0.3 is 16.4 Å². The van der Waals surface area contributed by atoms with Crippen molar-refractivity contribution in [3.05, 3.63) is 29.3 Å². The van der Waals surface area contributed by atoms with Gasteiger partial charge in [0, 0.05) is 12.7 Å². The molecule has 1 heterocycles. The molecule has 0 saturated carbocycles. The number of likely N-dealkylation sites (N-methyl/N-ethyl adjacent to an activating group) is 1. The molecule has 4 amide bonds. The topological polar surface area (TPSA) is 148 Å². The lowest BCUT2D eigenvalue weighted by Crippen LogP contribution is -2.48. The minimum Gasteiger partial charge on any atom is -0.398 e. The number of nitrogen functional groups attached to an aromatic ring is 1. The second kappa shape index (κ2) is 12.0. The van der Waals surface area contributed by atoms with Crippen LogP contribution in [-0.2, 0) is 18.7 Å². The number of hydrogen-bond donors (Lipinski definition) is 3. The molecule has 1 aliphatic heterocycles. The molecular formula is C23H34N4O6P+. The van der Waals surface area contributed by atoms with Crippen molar-refractivity contribution in [2.24, 2.45) is 17.8 Å². The van der Waals surface area contributed by atoms with E-state index >= 15 is 0 Å². The number of anilines is 1. The predicted octanol–water partition coefficient (Wildman–Crippen LogP) is 2.52. The Hall–Kier alpha value is -2.84. The summed E-state index contributed by atoms with van der Waals surface area (Å²) in [6.45, 7) is 7.26. The van der Waals surface area contributed by atoms with Crippen molar-refractivity contribution in [3.8, 4) is 0 Å². The van der Waals surface area contributed by atoms with Crippen LogP contribution in [0.2, 0.25) is 0 Å². The number of nitrogens with one attached hydrogen (secondary N) is 2. The normalized spacial score (nSPS) is 15.4. The van der Waals surface area contributed by atoms with Crippen LogP contribution in [0.15, 0.2) is 18.2 Å². The lowest BCUT2D eigenvalue weighted by Gasteiger charge is -2.22. The summed E-state index contributed by atoms with van der Waals surface area (Å²) >= 11 is 0. The number of hydrogen-bond acceptors (Lipinski definition) is 7. The van der Waals surface area contributed by atoms with Gasteiger partial charge in [0.2, 0.25) is 11.8 Å². The average molecular weight is 494 g/mol. The van der Waals surface area contributed by atoms with Crippen LogP contribution in [0.25, 0.3) is 0 Å². The van der Waals surface area contributed by atoms with Gasteiger partial charge in [0.25, 0.3) is 11.8 Å². The van der Waals surface area contributed by atoms with Crippen LogP contribution >= 0.6 is 8.03 Å². The maximum absolute atomic E-state index is 13.0. The minimum absolute atomic E-state index is 0.104. The molecule has 2 rings (SSSR count). The largest absolute Gasteiger partial charge is 0.510 e. The lowest BCUT2D eigenvalue weighted by molar-refractivity contribution is -0.131. The van der Waals surface area contributed by atoms with Gasteiger partial charge in [-0.3, -0.25) is 19.2 Å². The predicted molar refractivity (Wildman–Crippen MR) is 128 cm³/mol. The molecule has 1 aromatic rings. The van der Waals surface area contributed by atoms with E-state index in [1.807, 2.05) is 27.7 Å². The van der Waals surface area contributed by atoms with Crippen LogP contribution in [0.4, 0.5) is 5.69 Å². The molecule has 0 spiro atoms. The van der Waals surface area contributed by atoms with Crippen molar-refractivity contribution in [2.75, 3.05) is 25.7 Å². The van der Waals surface area contributed by atoms with Gasteiger partial charge in [-0.15, -0.1) is 4.52 Å². The Balaban J connectivity index is 2.03. The molecule has 1 aliphatic rings. The fourth-order valence-corrected chi connectivity index (χ4v) is 4.86. The molecule has 0 radical (unpaired) electrons. The maximum Gasteiger partial charge on any atom is 0.510 e. The standard InChI is InChI=1S/C23H33N4O6P/c1-13(2)9-15(20(28)26-18(10-14(3)4)21(29)25-5)11-34(32)33-12-27-22(30)16-7-6-8-17(24)19(16)23(27)31/h6-8,13-15,18H,9-12H2,1-5H3,(H3-,24,25,26,28,29,31)/p+1/t15-,18+/m1/s1. The number of rotatable bonds is 12. The Kier molecular flexibility index (Phi) is 9.70. The Bertz CT molecular complexity index is 965. The molecule has 1 unspecified atom stereocenters. The molecule has 0 bridgehead atoms. The van der Waals surface area contributed by atoms with Crippen molar-refractivity contribution in [3.63, 3.8) is 0 Å². The average Bonchev–Trinajstić information content (AvgIpc) is 3.00. The van der Waals surface area contributed by atoms with E-state index in [9.17, 15) is 23.7 Å². The van der Waals surface area contributed by atoms with Gasteiger partial charge >= 0.3 is 8.03 Å². The van der Waals surface area contributed by atoms with Crippen molar-refractivity contribution in [2.45, 2.75) is 46.6 Å². The number of carbonyl (C=O) groups excluding carboxylic acids is 4. The van der Waals surface area contributed by atoms with E-state index in [-0.39, 0.29) is 46.6 Å². The van der Waals surface area contributed by atoms with E-state index in [4.69, 9.17) is 10.3 Å². The summed E-state index contributed by atoms with van der Waals surface area (Å²) < 4.78 is 18.0. The SMILES string of the molecule is CNC(=O)[C@H](CC(C)C)NC(=O)[C@H](CC(C)C)C[P+](=O)OCN1C(=O)c2cccc(N)c2C1=O. The Morgan fingerprint density at radius 2 is 1.71 bits per heavy atom. The first kappa shape index (κ1) is 27.4. The van der Waals surface area contributed by atoms with Gasteiger partial charge in [0.1, 0.15) is 6.04 Å². The number of nitrogens with two attached hydrogens (primary N) is 1. The number of imide groups is 1. The van der Waals surface area contributed by atoms with Crippen molar-refractivity contribution < 1.29 is 28.3 Å². The van der Waals surface area contributed by atoms with Gasteiger partial charge in [-0.05, 0) is 41.4 Å². The van der Waals surface area contributed by atoms with E-state index in [0.717, 1.165) is 4.90 Å². The number of amides is 4. The molecule has 11 heteroatoms. The van der Waals surface area contributed by atoms with Crippen LogP contribution in [-0.4, -0.2) is 54.5 Å². The quantitative estimate of drug-likeness (QED) is 0.230. The highest BCUT2D eigenvalue weighted by molar-refractivity contribution is 7.39. The number of nitrogens with zero attached hydrogens (tertiary/aromatic N) is 1. The molecule has 34 heavy (non-hydrogen) atoms. The van der Waals surface area contributed by atoms with Crippen LogP contribution < -0.4 is 16.4 Å². The third-order valence-corrected chi connectivity index (χ3v) is 6.59. The van der Waals surface area contributed by atoms with E-state index < -0.39 is 38.5 Å². The molecule has 3 atom stereocenters. The maximum atomic E-state index is 13.0. The molecule has 0 saturated heterocycles. The molecule has 0 fully saturated rings. The number of benzene rings is 1. The van der Waals surface area contributed by atoms with E-state index in [2.05, 4.69) is 10.6 Å². The van der Waals surface area contributed by atoms with Crippen LogP contribution in [0.3, 0.4) is 0 Å². The zero-order chi connectivity index (χ0) is 25.6. The van der Waals surface area contributed by atoms with E-state index in [0.29, 0.717) is 12.8 Å². The molecule has 0 aliphatic carbocycles. The summed E-state index contributed by atoms with van der Waals surface area (Å²) in [4.78, 5) is 51.1. The van der Waals surface area contributed by atoms with Gasteiger partial charge in [0.05, 0.1) is 17.0 Å². The molecule has 1 aromatic carbocycles. The van der Waals surface area contributed by atoms with Crippen LogP contribution in [0.5, 0.6) is 0 Å². The summed E-state index contributed by atoms with van der Waals surface area (Å²) in [6, 6.07) is 3.89. The molecule has 10 nitrogen and oxygen atoms in total. The summed E-state index contributed by atoms with van der Waals surface area (Å²) in [5.74, 6) is -2.23. The highest BCUT2D eigenvalue weighted by Crippen LogP contribution is 2.32. The zero-order valence-electron chi connectivity index (χ0n) is 20.3. The van der Waals surface area contributed by atoms with E-state index in [1.165, 1.54) is 19.2 Å². The van der Waals surface area contributed by atoms with Gasteiger partial charge in [0.15, 0.2) is 12.9 Å². The zero-order valence-corrected chi connectivity index (χ0v) is 21.2. The smallest absolute Gasteiger partial charge is 0.398 e. The van der Waals surface area contributed by atoms with E-state index in [1.54, 1.807) is 6.07 Å². The second-order valence-electron chi connectivity index (χ2n) is 9.21. The summed E-state index contributed by atoms with van der Waals surface area (Å²) in [5, 5.41) is 5.33. The highest BCUT2D eigenvalue weighted by Gasteiger charge is 2.40. The third kappa shape index (κ3) is 6.84. The number of carbonyl (C=O) groups is 4. The third-order valence-electron chi connectivity index (χ3n) is 5.44. The molecule has 0 aromatic heterocycles. The van der Waals surface area contributed by atoms with Crippen molar-refractivity contribution in [1.82, 2.24) is 15.5 Å². The highest BCUT2D eigenvalue weighted by atomic mass is 31.1. The van der Waals surface area contributed by atoms with Crippen molar-refractivity contribution >= 4 is 37.3 Å². The van der Waals surface area contributed by atoms with Gasteiger partial charge in [-0.1, -0.05) is 33.8 Å². The first-order chi connectivity index (χ1) is 16.0. The monoisotopic (exact) mass is 493 g/mol. The molecule has 186 valence electrons. The second-order valence-corrected chi connectivity index (χ2v) is 10.5. The first-order valence-corrected chi connectivity index (χ1v) is 12.7. The molecule has 4 N–H and O–H groups in total. The van der Waals surface area contributed by atoms with Gasteiger partial charge in [-0.2, -0.15) is 0 Å². The minimum atomic E-state index is -2.37.